The van der Waals surface area contributed by atoms with Crippen LogP contribution in [0, 0.1) is 24.2 Å². The molecular formula is C25H25ClN2O4. The van der Waals surface area contributed by atoms with Gasteiger partial charge in [-0.15, -0.1) is 0 Å². The van der Waals surface area contributed by atoms with E-state index in [1.54, 1.807) is 25.1 Å². The second-order valence-electron chi connectivity index (χ2n) is 8.15. The lowest BCUT2D eigenvalue weighted by molar-refractivity contribution is 0.165. The fourth-order valence-electron chi connectivity index (χ4n) is 4.30. The van der Waals surface area contributed by atoms with Crippen molar-refractivity contribution >= 4 is 22.6 Å². The molecule has 0 spiro atoms. The molecule has 1 N–H and O–H groups in total. The lowest BCUT2D eigenvalue weighted by Gasteiger charge is -2.25. The van der Waals surface area contributed by atoms with Gasteiger partial charge in [0.15, 0.2) is 0 Å². The van der Waals surface area contributed by atoms with Crippen LogP contribution in [0.4, 0.5) is 0 Å². The predicted molar refractivity (Wildman–Crippen MR) is 124 cm³/mol. The Labute approximate surface area is 191 Å². The summed E-state index contributed by atoms with van der Waals surface area (Å²) in [6, 6.07) is 12.5. The molecule has 0 saturated carbocycles. The molecule has 0 bridgehead atoms. The maximum absolute atomic E-state index is 13.4. The molecule has 3 aromatic rings. The van der Waals surface area contributed by atoms with E-state index in [0.717, 1.165) is 19.6 Å². The standard InChI is InChI=1S/C25H25ClN2O4/c1-16-23(18-5-2-3-6-21(18)26)24(30)19-7-8-22(29)20(25(19)32-16)14-28(11-4-10-27)13-17-9-12-31-15-17/h2-3,5-8,17,29H,4,9,11-15H2,1H3. The zero-order chi connectivity index (χ0) is 22.7. The highest BCUT2D eigenvalue weighted by Crippen LogP contribution is 2.33. The highest BCUT2D eigenvalue weighted by Gasteiger charge is 2.23. The minimum absolute atomic E-state index is 0.0650. The van der Waals surface area contributed by atoms with Gasteiger partial charge in [-0.05, 0) is 37.5 Å². The maximum Gasteiger partial charge on any atom is 0.200 e. The van der Waals surface area contributed by atoms with Gasteiger partial charge in [-0.2, -0.15) is 5.26 Å². The Morgan fingerprint density at radius 1 is 1.28 bits per heavy atom. The fraction of sp³-hybridized carbons (Fsp3) is 0.360. The average Bonchev–Trinajstić information content (AvgIpc) is 3.28. The van der Waals surface area contributed by atoms with Gasteiger partial charge >= 0.3 is 0 Å². The Kier molecular flexibility index (Phi) is 6.80. The van der Waals surface area contributed by atoms with Gasteiger partial charge in [-0.1, -0.05) is 29.8 Å². The lowest BCUT2D eigenvalue weighted by Crippen LogP contribution is -2.30. The van der Waals surface area contributed by atoms with Crippen molar-refractivity contribution in [1.82, 2.24) is 4.90 Å². The molecule has 32 heavy (non-hydrogen) atoms. The maximum atomic E-state index is 13.4. The minimum Gasteiger partial charge on any atom is -0.507 e. The molecule has 1 saturated heterocycles. The third-order valence-corrected chi connectivity index (χ3v) is 6.25. The van der Waals surface area contributed by atoms with Crippen molar-refractivity contribution in [2.75, 3.05) is 26.3 Å². The Balaban J connectivity index is 1.77. The Morgan fingerprint density at radius 3 is 2.81 bits per heavy atom. The number of rotatable bonds is 7. The Morgan fingerprint density at radius 2 is 2.09 bits per heavy atom. The number of benzene rings is 2. The smallest absolute Gasteiger partial charge is 0.200 e. The normalized spacial score (nSPS) is 16.0. The number of halogens is 1. The summed E-state index contributed by atoms with van der Waals surface area (Å²) in [5.41, 5.74) is 1.77. The Bertz CT molecular complexity index is 1230. The van der Waals surface area contributed by atoms with Crippen LogP contribution in [0.25, 0.3) is 22.1 Å². The number of hydrogen-bond donors (Lipinski definition) is 1. The number of aromatic hydroxyl groups is 1. The molecule has 4 rings (SSSR count). The molecular weight excluding hydrogens is 428 g/mol. The number of fused-ring (bicyclic) bond motifs is 1. The quantitative estimate of drug-likeness (QED) is 0.549. The van der Waals surface area contributed by atoms with Gasteiger partial charge in [0.05, 0.1) is 29.2 Å². The van der Waals surface area contributed by atoms with E-state index < -0.39 is 0 Å². The zero-order valence-corrected chi connectivity index (χ0v) is 18.7. The van der Waals surface area contributed by atoms with Gasteiger partial charge < -0.3 is 14.3 Å². The van der Waals surface area contributed by atoms with Gasteiger partial charge in [0.25, 0.3) is 0 Å². The number of nitrogens with zero attached hydrogens (tertiary/aromatic N) is 2. The molecule has 1 atom stereocenters. The molecule has 166 valence electrons. The van der Waals surface area contributed by atoms with Crippen LogP contribution in [0.3, 0.4) is 0 Å². The average molecular weight is 453 g/mol. The number of phenolic OH excluding ortho intramolecular Hbond substituents is 1. The van der Waals surface area contributed by atoms with Crippen molar-refractivity contribution in [3.8, 4) is 22.9 Å². The van der Waals surface area contributed by atoms with Crippen LogP contribution in [-0.2, 0) is 11.3 Å². The molecule has 0 aliphatic carbocycles. The summed E-state index contributed by atoms with van der Waals surface area (Å²) in [5.74, 6) is 0.886. The second kappa shape index (κ2) is 9.74. The number of ether oxygens (including phenoxy) is 1. The third-order valence-electron chi connectivity index (χ3n) is 5.92. The summed E-state index contributed by atoms with van der Waals surface area (Å²) in [4.78, 5) is 15.5. The van der Waals surface area contributed by atoms with Crippen LogP contribution in [0.5, 0.6) is 5.75 Å². The molecule has 0 radical (unpaired) electrons. The lowest BCUT2D eigenvalue weighted by atomic mass is 10.0. The van der Waals surface area contributed by atoms with Crippen molar-refractivity contribution < 1.29 is 14.3 Å². The van der Waals surface area contributed by atoms with Crippen molar-refractivity contribution in [3.05, 3.63) is 63.0 Å². The zero-order valence-electron chi connectivity index (χ0n) is 17.9. The summed E-state index contributed by atoms with van der Waals surface area (Å²) in [6.45, 7) is 4.85. The highest BCUT2D eigenvalue weighted by atomic mass is 35.5. The molecule has 2 aromatic carbocycles. The van der Waals surface area contributed by atoms with Crippen molar-refractivity contribution in [2.24, 2.45) is 5.92 Å². The van der Waals surface area contributed by atoms with Crippen LogP contribution >= 0.6 is 11.6 Å². The summed E-state index contributed by atoms with van der Waals surface area (Å²) in [6.07, 6.45) is 1.35. The van der Waals surface area contributed by atoms with E-state index in [0.29, 0.717) is 70.5 Å². The first kappa shape index (κ1) is 22.3. The molecule has 1 fully saturated rings. The summed E-state index contributed by atoms with van der Waals surface area (Å²) in [7, 11) is 0. The van der Waals surface area contributed by atoms with E-state index in [2.05, 4.69) is 11.0 Å². The number of hydrogen-bond acceptors (Lipinski definition) is 6. The van der Waals surface area contributed by atoms with E-state index in [1.807, 2.05) is 12.1 Å². The van der Waals surface area contributed by atoms with Crippen molar-refractivity contribution in [3.63, 3.8) is 0 Å². The first-order valence-electron chi connectivity index (χ1n) is 10.7. The predicted octanol–water partition coefficient (Wildman–Crippen LogP) is 4.88. The summed E-state index contributed by atoms with van der Waals surface area (Å²) >= 11 is 6.34. The van der Waals surface area contributed by atoms with E-state index >= 15 is 0 Å². The highest BCUT2D eigenvalue weighted by molar-refractivity contribution is 6.33. The topological polar surface area (TPSA) is 86.7 Å². The van der Waals surface area contributed by atoms with Crippen LogP contribution in [0.1, 0.15) is 24.2 Å². The molecule has 1 aliphatic rings. The largest absolute Gasteiger partial charge is 0.507 e. The minimum atomic E-state index is -0.189. The van der Waals surface area contributed by atoms with E-state index in [-0.39, 0.29) is 11.2 Å². The molecule has 7 heteroatoms. The van der Waals surface area contributed by atoms with Gasteiger partial charge in [0, 0.05) is 43.2 Å². The molecule has 0 amide bonds. The molecule has 1 aliphatic heterocycles. The first-order chi connectivity index (χ1) is 15.5. The Hall–Kier alpha value is -2.85. The molecule has 1 unspecified atom stereocenters. The number of phenols is 1. The molecule has 6 nitrogen and oxygen atoms in total. The van der Waals surface area contributed by atoms with Gasteiger partial charge in [0.1, 0.15) is 17.1 Å². The summed E-state index contributed by atoms with van der Waals surface area (Å²) < 4.78 is 11.6. The van der Waals surface area contributed by atoms with Crippen LogP contribution in [0.2, 0.25) is 5.02 Å². The molecule has 2 heterocycles. The van der Waals surface area contributed by atoms with Crippen LogP contribution < -0.4 is 5.43 Å². The van der Waals surface area contributed by atoms with E-state index in [1.165, 1.54) is 6.07 Å². The number of nitriles is 1. The second-order valence-corrected chi connectivity index (χ2v) is 8.56. The van der Waals surface area contributed by atoms with Gasteiger partial charge in [0.2, 0.25) is 5.43 Å². The van der Waals surface area contributed by atoms with Crippen LogP contribution in [-0.4, -0.2) is 36.3 Å². The van der Waals surface area contributed by atoms with Crippen LogP contribution in [0.15, 0.2) is 45.6 Å². The molecule has 1 aromatic heterocycles. The van der Waals surface area contributed by atoms with Gasteiger partial charge in [-0.25, -0.2) is 0 Å². The monoisotopic (exact) mass is 452 g/mol. The van der Waals surface area contributed by atoms with Crippen molar-refractivity contribution in [1.29, 1.82) is 5.26 Å². The third kappa shape index (κ3) is 4.51. The number of aryl methyl sites for hydroxylation is 1. The van der Waals surface area contributed by atoms with Gasteiger partial charge in [-0.3, -0.25) is 9.69 Å². The fourth-order valence-corrected chi connectivity index (χ4v) is 4.53. The van der Waals surface area contributed by atoms with E-state index in [4.69, 9.17) is 26.0 Å². The SMILES string of the molecule is Cc1oc2c(CN(CCC#N)CC3CCOC3)c(O)ccc2c(=O)c1-c1ccccc1Cl. The van der Waals surface area contributed by atoms with E-state index in [9.17, 15) is 9.90 Å². The van der Waals surface area contributed by atoms with Crippen molar-refractivity contribution in [2.45, 2.75) is 26.3 Å². The summed E-state index contributed by atoms with van der Waals surface area (Å²) in [5, 5.41) is 20.6. The first-order valence-corrected chi connectivity index (χ1v) is 11.1.